The Bertz CT molecular complexity index is 674. The second-order valence-electron chi connectivity index (χ2n) is 5.55. The van der Waals surface area contributed by atoms with Gasteiger partial charge in [-0.15, -0.1) is 0 Å². The SMILES string of the molecule is CN=C(NCc1ccccn1)NCc1ccc(C)cc1OCCOC. The van der Waals surface area contributed by atoms with E-state index in [0.717, 1.165) is 22.6 Å². The molecule has 0 saturated carbocycles. The summed E-state index contributed by atoms with van der Waals surface area (Å²) >= 11 is 0. The van der Waals surface area contributed by atoms with Crippen LogP contribution in [0.15, 0.2) is 47.6 Å². The third-order valence-electron chi connectivity index (χ3n) is 3.60. The van der Waals surface area contributed by atoms with Gasteiger partial charge in [0.05, 0.1) is 18.8 Å². The number of nitrogens with zero attached hydrogens (tertiary/aromatic N) is 2. The Hall–Kier alpha value is -2.60. The molecule has 1 aromatic heterocycles. The summed E-state index contributed by atoms with van der Waals surface area (Å²) < 4.78 is 10.9. The molecule has 0 amide bonds. The van der Waals surface area contributed by atoms with Crippen molar-refractivity contribution in [3.8, 4) is 5.75 Å². The number of rotatable bonds is 8. The summed E-state index contributed by atoms with van der Waals surface area (Å²) in [4.78, 5) is 8.54. The molecule has 0 aliphatic carbocycles. The third-order valence-corrected chi connectivity index (χ3v) is 3.60. The van der Waals surface area contributed by atoms with E-state index in [1.54, 1.807) is 20.4 Å². The molecule has 0 aliphatic heterocycles. The van der Waals surface area contributed by atoms with E-state index in [-0.39, 0.29) is 0 Å². The lowest BCUT2D eigenvalue weighted by Crippen LogP contribution is -2.36. The maximum atomic E-state index is 5.82. The van der Waals surface area contributed by atoms with Crippen LogP contribution in [0.2, 0.25) is 0 Å². The van der Waals surface area contributed by atoms with Crippen LogP contribution in [-0.4, -0.2) is 38.3 Å². The van der Waals surface area contributed by atoms with E-state index in [1.165, 1.54) is 0 Å². The van der Waals surface area contributed by atoms with Crippen molar-refractivity contribution >= 4 is 5.96 Å². The van der Waals surface area contributed by atoms with Gasteiger partial charge in [-0.25, -0.2) is 0 Å². The summed E-state index contributed by atoms with van der Waals surface area (Å²) in [6, 6.07) is 12.0. The average Bonchev–Trinajstić information content (AvgIpc) is 2.64. The van der Waals surface area contributed by atoms with Crippen LogP contribution in [0.4, 0.5) is 0 Å². The molecule has 1 heterocycles. The van der Waals surface area contributed by atoms with Gasteiger partial charge in [-0.2, -0.15) is 0 Å². The maximum Gasteiger partial charge on any atom is 0.191 e. The van der Waals surface area contributed by atoms with Crippen LogP contribution in [-0.2, 0) is 17.8 Å². The minimum Gasteiger partial charge on any atom is -0.491 e. The normalized spacial score (nSPS) is 11.2. The predicted molar refractivity (Wildman–Crippen MR) is 99.8 cm³/mol. The third kappa shape index (κ3) is 6.43. The first-order valence-electron chi connectivity index (χ1n) is 8.28. The van der Waals surface area contributed by atoms with E-state index in [0.29, 0.717) is 32.3 Å². The van der Waals surface area contributed by atoms with Crippen molar-refractivity contribution in [1.82, 2.24) is 15.6 Å². The minimum absolute atomic E-state index is 0.527. The molecular weight excluding hydrogens is 316 g/mol. The monoisotopic (exact) mass is 342 g/mol. The highest BCUT2D eigenvalue weighted by molar-refractivity contribution is 5.79. The number of benzene rings is 1. The lowest BCUT2D eigenvalue weighted by molar-refractivity contribution is 0.145. The number of hydrogen-bond donors (Lipinski definition) is 2. The van der Waals surface area contributed by atoms with Crippen molar-refractivity contribution in [1.29, 1.82) is 0 Å². The quantitative estimate of drug-likeness (QED) is 0.438. The van der Waals surface area contributed by atoms with E-state index >= 15 is 0 Å². The number of hydrogen-bond acceptors (Lipinski definition) is 4. The fraction of sp³-hybridized carbons (Fsp3) is 0.368. The van der Waals surface area contributed by atoms with Gasteiger partial charge in [0.1, 0.15) is 12.4 Å². The van der Waals surface area contributed by atoms with Crippen molar-refractivity contribution in [2.24, 2.45) is 4.99 Å². The number of guanidine groups is 1. The molecule has 0 saturated heterocycles. The van der Waals surface area contributed by atoms with Gasteiger partial charge >= 0.3 is 0 Å². The van der Waals surface area contributed by atoms with Gasteiger partial charge in [-0.3, -0.25) is 9.98 Å². The average molecular weight is 342 g/mol. The molecule has 0 unspecified atom stereocenters. The Morgan fingerprint density at radius 3 is 2.68 bits per heavy atom. The Balaban J connectivity index is 1.92. The highest BCUT2D eigenvalue weighted by Gasteiger charge is 2.06. The molecule has 0 aliphatic rings. The molecule has 134 valence electrons. The van der Waals surface area contributed by atoms with E-state index in [2.05, 4.69) is 32.7 Å². The fourth-order valence-corrected chi connectivity index (χ4v) is 2.25. The molecule has 0 spiro atoms. The molecule has 6 heteroatoms. The molecular formula is C19H26N4O2. The molecule has 1 aromatic carbocycles. The van der Waals surface area contributed by atoms with Crippen molar-refractivity contribution < 1.29 is 9.47 Å². The van der Waals surface area contributed by atoms with Crippen LogP contribution in [0.1, 0.15) is 16.8 Å². The number of aryl methyl sites for hydroxylation is 1. The van der Waals surface area contributed by atoms with E-state index in [4.69, 9.17) is 9.47 Å². The van der Waals surface area contributed by atoms with Gasteiger partial charge in [0.15, 0.2) is 5.96 Å². The number of methoxy groups -OCH3 is 1. The van der Waals surface area contributed by atoms with Gasteiger partial charge in [-0.1, -0.05) is 18.2 Å². The summed E-state index contributed by atoms with van der Waals surface area (Å²) in [7, 11) is 3.41. The highest BCUT2D eigenvalue weighted by Crippen LogP contribution is 2.20. The van der Waals surface area contributed by atoms with Gasteiger partial charge in [0.25, 0.3) is 0 Å². The summed E-state index contributed by atoms with van der Waals surface area (Å²) in [6.45, 7) is 4.37. The summed E-state index contributed by atoms with van der Waals surface area (Å²) in [5.41, 5.74) is 3.20. The first-order valence-corrected chi connectivity index (χ1v) is 8.28. The second kappa shape index (κ2) is 10.3. The van der Waals surface area contributed by atoms with Crippen molar-refractivity contribution in [3.05, 3.63) is 59.4 Å². The van der Waals surface area contributed by atoms with Gasteiger partial charge in [0.2, 0.25) is 0 Å². The van der Waals surface area contributed by atoms with Crippen LogP contribution in [0.25, 0.3) is 0 Å². The molecule has 25 heavy (non-hydrogen) atoms. The van der Waals surface area contributed by atoms with Crippen molar-refractivity contribution in [2.75, 3.05) is 27.4 Å². The van der Waals surface area contributed by atoms with Gasteiger partial charge < -0.3 is 20.1 Å². The number of aromatic nitrogens is 1. The van der Waals surface area contributed by atoms with E-state index < -0.39 is 0 Å². The predicted octanol–water partition coefficient (Wildman–Crippen LogP) is 2.28. The van der Waals surface area contributed by atoms with Gasteiger partial charge in [0, 0.05) is 32.5 Å². The zero-order valence-electron chi connectivity index (χ0n) is 15.1. The molecule has 0 atom stereocenters. The zero-order chi connectivity index (χ0) is 17.9. The van der Waals surface area contributed by atoms with Crippen molar-refractivity contribution in [3.63, 3.8) is 0 Å². The smallest absolute Gasteiger partial charge is 0.191 e. The Labute approximate surface area is 149 Å². The summed E-state index contributed by atoms with van der Waals surface area (Å²) in [6.07, 6.45) is 1.78. The number of nitrogens with one attached hydrogen (secondary N) is 2. The number of aliphatic imine (C=N–C) groups is 1. The molecule has 2 N–H and O–H groups in total. The van der Waals surface area contributed by atoms with E-state index in [9.17, 15) is 0 Å². The lowest BCUT2D eigenvalue weighted by atomic mass is 10.1. The van der Waals surface area contributed by atoms with Gasteiger partial charge in [-0.05, 0) is 30.7 Å². The highest BCUT2D eigenvalue weighted by atomic mass is 16.5. The standard InChI is InChI=1S/C19H26N4O2/c1-15-7-8-16(18(12-15)25-11-10-24-3)13-22-19(20-2)23-14-17-6-4-5-9-21-17/h4-9,12H,10-11,13-14H2,1-3H3,(H2,20,22,23). The fourth-order valence-electron chi connectivity index (χ4n) is 2.25. The largest absolute Gasteiger partial charge is 0.491 e. The molecule has 0 radical (unpaired) electrons. The van der Waals surface area contributed by atoms with E-state index in [1.807, 2.05) is 31.2 Å². The zero-order valence-corrected chi connectivity index (χ0v) is 15.1. The van der Waals surface area contributed by atoms with Crippen LogP contribution >= 0.6 is 0 Å². The molecule has 0 bridgehead atoms. The van der Waals surface area contributed by atoms with Crippen LogP contribution < -0.4 is 15.4 Å². The first kappa shape index (κ1) is 18.7. The maximum absolute atomic E-state index is 5.82. The Kier molecular flexibility index (Phi) is 7.72. The summed E-state index contributed by atoms with van der Waals surface area (Å²) in [5.74, 6) is 1.58. The minimum atomic E-state index is 0.527. The molecule has 6 nitrogen and oxygen atoms in total. The molecule has 2 aromatic rings. The Morgan fingerprint density at radius 1 is 1.12 bits per heavy atom. The first-order chi connectivity index (χ1) is 12.2. The van der Waals surface area contributed by atoms with Crippen LogP contribution in [0, 0.1) is 6.92 Å². The van der Waals surface area contributed by atoms with Crippen LogP contribution in [0.5, 0.6) is 5.75 Å². The molecule has 0 fully saturated rings. The van der Waals surface area contributed by atoms with Crippen molar-refractivity contribution in [2.45, 2.75) is 20.0 Å². The molecule has 2 rings (SSSR count). The topological polar surface area (TPSA) is 67.8 Å². The lowest BCUT2D eigenvalue weighted by Gasteiger charge is -2.15. The second-order valence-corrected chi connectivity index (χ2v) is 5.55. The summed E-state index contributed by atoms with van der Waals surface area (Å²) in [5, 5.41) is 6.56. The van der Waals surface area contributed by atoms with Crippen LogP contribution in [0.3, 0.4) is 0 Å². The number of pyridine rings is 1. The Morgan fingerprint density at radius 2 is 1.96 bits per heavy atom. The number of ether oxygens (including phenoxy) is 2.